The van der Waals surface area contributed by atoms with Crippen molar-refractivity contribution in [2.24, 2.45) is 0 Å². The van der Waals surface area contributed by atoms with Gasteiger partial charge in [-0.15, -0.1) is 11.3 Å². The summed E-state index contributed by atoms with van der Waals surface area (Å²) in [4.78, 5) is 6.87. The highest BCUT2D eigenvalue weighted by atomic mass is 35.5. The topological polar surface area (TPSA) is 53.5 Å². The van der Waals surface area contributed by atoms with Crippen LogP contribution in [0.5, 0.6) is 0 Å². The average Bonchev–Trinajstić information content (AvgIpc) is 3.04. The van der Waals surface area contributed by atoms with Gasteiger partial charge in [0.15, 0.2) is 0 Å². The molecule has 142 valence electrons. The number of piperazine rings is 1. The summed E-state index contributed by atoms with van der Waals surface area (Å²) in [6.45, 7) is 2.79. The Morgan fingerprint density at radius 3 is 2.30 bits per heavy atom. The van der Waals surface area contributed by atoms with E-state index in [4.69, 9.17) is 23.2 Å². The van der Waals surface area contributed by atoms with Crippen LogP contribution < -0.4 is 0 Å². The van der Waals surface area contributed by atoms with Crippen LogP contribution in [-0.2, 0) is 16.6 Å². The van der Waals surface area contributed by atoms with Gasteiger partial charge in [0.1, 0.15) is 9.90 Å². The minimum Gasteiger partial charge on any atom is -0.294 e. The molecule has 0 radical (unpaired) electrons. The van der Waals surface area contributed by atoms with Gasteiger partial charge in [-0.05, 0) is 24.3 Å². The van der Waals surface area contributed by atoms with E-state index in [1.807, 2.05) is 18.2 Å². The molecule has 1 aliphatic heterocycles. The van der Waals surface area contributed by atoms with Crippen molar-refractivity contribution in [2.75, 3.05) is 26.2 Å². The molecule has 2 aromatic carbocycles. The number of thiazole rings is 1. The van der Waals surface area contributed by atoms with Crippen LogP contribution in [-0.4, -0.2) is 48.8 Å². The minimum atomic E-state index is -3.71. The third-order valence-corrected chi connectivity index (χ3v) is 8.42. The summed E-state index contributed by atoms with van der Waals surface area (Å²) in [5.74, 6) is 0. The van der Waals surface area contributed by atoms with Crippen LogP contribution in [0, 0.1) is 0 Å². The number of halogens is 2. The second kappa shape index (κ2) is 7.66. The molecule has 0 amide bonds. The summed E-state index contributed by atoms with van der Waals surface area (Å²) in [6, 6.07) is 12.8. The molecular weight excluding hydrogens is 425 g/mol. The molecule has 1 aliphatic rings. The van der Waals surface area contributed by atoms with Crippen LogP contribution in [0.1, 0.15) is 5.01 Å². The maximum absolute atomic E-state index is 12.9. The molecule has 1 aromatic heterocycles. The van der Waals surface area contributed by atoms with Crippen LogP contribution >= 0.6 is 34.5 Å². The lowest BCUT2D eigenvalue weighted by Crippen LogP contribution is -2.48. The first-order valence-corrected chi connectivity index (χ1v) is 11.5. The molecule has 0 N–H and O–H groups in total. The number of nitrogens with zero attached hydrogens (tertiary/aromatic N) is 3. The van der Waals surface area contributed by atoms with E-state index in [9.17, 15) is 8.42 Å². The number of fused-ring (bicyclic) bond motifs is 1. The lowest BCUT2D eigenvalue weighted by molar-refractivity contribution is 0.181. The Morgan fingerprint density at radius 2 is 1.63 bits per heavy atom. The van der Waals surface area contributed by atoms with E-state index in [2.05, 4.69) is 16.0 Å². The predicted molar refractivity (Wildman–Crippen MR) is 110 cm³/mol. The molecule has 0 aliphatic carbocycles. The van der Waals surface area contributed by atoms with Crippen LogP contribution in [0.4, 0.5) is 0 Å². The van der Waals surface area contributed by atoms with Gasteiger partial charge in [0.05, 0.1) is 26.8 Å². The Morgan fingerprint density at radius 1 is 0.963 bits per heavy atom. The van der Waals surface area contributed by atoms with E-state index in [0.717, 1.165) is 17.1 Å². The van der Waals surface area contributed by atoms with Gasteiger partial charge in [-0.3, -0.25) is 4.90 Å². The third kappa shape index (κ3) is 3.85. The zero-order chi connectivity index (χ0) is 19.0. The second-order valence-electron chi connectivity index (χ2n) is 6.31. The van der Waals surface area contributed by atoms with Gasteiger partial charge in [-0.1, -0.05) is 41.4 Å². The molecule has 3 aromatic rings. The van der Waals surface area contributed by atoms with E-state index < -0.39 is 10.0 Å². The van der Waals surface area contributed by atoms with E-state index in [1.165, 1.54) is 9.01 Å². The van der Waals surface area contributed by atoms with Crippen LogP contribution in [0.3, 0.4) is 0 Å². The Bertz CT molecular complexity index is 1020. The quantitative estimate of drug-likeness (QED) is 0.610. The highest BCUT2D eigenvalue weighted by Crippen LogP contribution is 2.32. The maximum Gasteiger partial charge on any atom is 0.246 e. The minimum absolute atomic E-state index is 0.00652. The van der Waals surface area contributed by atoms with E-state index in [1.54, 1.807) is 29.5 Å². The van der Waals surface area contributed by atoms with Gasteiger partial charge in [0.2, 0.25) is 10.0 Å². The van der Waals surface area contributed by atoms with Crippen molar-refractivity contribution >= 4 is 54.8 Å². The number of aromatic nitrogens is 1. The SMILES string of the molecule is O=S(=O)(c1c(Cl)cccc1Cl)N1CCN(Cc2nc3ccccc3s2)CC1. The van der Waals surface area contributed by atoms with E-state index in [0.29, 0.717) is 26.2 Å². The van der Waals surface area contributed by atoms with Gasteiger partial charge < -0.3 is 0 Å². The van der Waals surface area contributed by atoms with Crippen LogP contribution in [0.15, 0.2) is 47.4 Å². The average molecular weight is 442 g/mol. The number of sulfonamides is 1. The highest BCUT2D eigenvalue weighted by molar-refractivity contribution is 7.89. The molecule has 0 spiro atoms. The van der Waals surface area contributed by atoms with Gasteiger partial charge in [-0.25, -0.2) is 13.4 Å². The van der Waals surface area contributed by atoms with E-state index in [-0.39, 0.29) is 14.9 Å². The van der Waals surface area contributed by atoms with Crippen molar-refractivity contribution in [2.45, 2.75) is 11.4 Å². The van der Waals surface area contributed by atoms with Gasteiger partial charge >= 0.3 is 0 Å². The van der Waals surface area contributed by atoms with Gasteiger partial charge in [0.25, 0.3) is 0 Å². The van der Waals surface area contributed by atoms with Crippen molar-refractivity contribution in [3.05, 3.63) is 57.5 Å². The Balaban J connectivity index is 1.45. The monoisotopic (exact) mass is 441 g/mol. The fourth-order valence-electron chi connectivity index (χ4n) is 3.16. The summed E-state index contributed by atoms with van der Waals surface area (Å²) in [6.07, 6.45) is 0. The fourth-order valence-corrected chi connectivity index (χ4v) is 6.69. The lowest BCUT2D eigenvalue weighted by atomic mass is 10.3. The summed E-state index contributed by atoms with van der Waals surface area (Å²) >= 11 is 13.9. The first-order chi connectivity index (χ1) is 12.9. The number of benzene rings is 2. The third-order valence-electron chi connectivity index (χ3n) is 4.55. The number of para-hydroxylation sites is 1. The molecule has 0 saturated carbocycles. The van der Waals surface area contributed by atoms with Crippen molar-refractivity contribution in [1.29, 1.82) is 0 Å². The molecule has 5 nitrogen and oxygen atoms in total. The summed E-state index contributed by atoms with van der Waals surface area (Å²) in [5.41, 5.74) is 1.01. The van der Waals surface area contributed by atoms with Crippen molar-refractivity contribution in [1.82, 2.24) is 14.2 Å². The van der Waals surface area contributed by atoms with Crippen LogP contribution in [0.2, 0.25) is 10.0 Å². The predicted octanol–water partition coefficient (Wildman–Crippen LogP) is 4.11. The van der Waals surface area contributed by atoms with E-state index >= 15 is 0 Å². The molecule has 9 heteroatoms. The largest absolute Gasteiger partial charge is 0.294 e. The molecule has 1 saturated heterocycles. The molecule has 0 unspecified atom stereocenters. The molecule has 2 heterocycles. The van der Waals surface area contributed by atoms with Crippen molar-refractivity contribution in [3.63, 3.8) is 0 Å². The smallest absolute Gasteiger partial charge is 0.246 e. The van der Waals surface area contributed by atoms with Crippen molar-refractivity contribution < 1.29 is 8.42 Å². The van der Waals surface area contributed by atoms with Crippen molar-refractivity contribution in [3.8, 4) is 0 Å². The Kier molecular flexibility index (Phi) is 5.42. The lowest BCUT2D eigenvalue weighted by Gasteiger charge is -2.33. The molecule has 0 bridgehead atoms. The standard InChI is InChI=1S/C18H17Cl2N3O2S2/c19-13-4-3-5-14(20)18(13)27(24,25)23-10-8-22(9-11-23)12-17-21-15-6-1-2-7-16(15)26-17/h1-7H,8-12H2. The molecule has 27 heavy (non-hydrogen) atoms. The molecular formula is C18H17Cl2N3O2S2. The summed E-state index contributed by atoms with van der Waals surface area (Å²) in [5, 5.41) is 1.35. The first-order valence-electron chi connectivity index (χ1n) is 8.46. The summed E-state index contributed by atoms with van der Waals surface area (Å²) < 4.78 is 28.5. The summed E-state index contributed by atoms with van der Waals surface area (Å²) in [7, 11) is -3.71. The first kappa shape index (κ1) is 19.1. The normalized spacial score (nSPS) is 16.8. The Hall–Kier alpha value is -1.22. The fraction of sp³-hybridized carbons (Fsp3) is 0.278. The molecule has 4 rings (SSSR count). The van der Waals surface area contributed by atoms with Gasteiger partial charge in [-0.2, -0.15) is 4.31 Å². The maximum atomic E-state index is 12.9. The zero-order valence-electron chi connectivity index (χ0n) is 14.3. The highest BCUT2D eigenvalue weighted by Gasteiger charge is 2.32. The number of hydrogen-bond acceptors (Lipinski definition) is 5. The zero-order valence-corrected chi connectivity index (χ0v) is 17.5. The number of hydrogen-bond donors (Lipinski definition) is 0. The van der Waals surface area contributed by atoms with Crippen LogP contribution in [0.25, 0.3) is 10.2 Å². The van der Waals surface area contributed by atoms with Gasteiger partial charge in [0, 0.05) is 26.2 Å². The second-order valence-corrected chi connectivity index (χ2v) is 10.1. The Labute approximate surface area is 172 Å². The molecule has 0 atom stereocenters. The molecule has 1 fully saturated rings. The number of rotatable bonds is 4.